The molecule has 70 valence electrons. The molecule has 1 rings (SSSR count). The van der Waals surface area contributed by atoms with Crippen LogP contribution in [0.15, 0.2) is 16.6 Å². The molecular formula is C8H7BrClNO2. The fraction of sp³-hybridized carbons (Fsp3) is 0.125. The molecule has 0 atom stereocenters. The highest BCUT2D eigenvalue weighted by atomic mass is 79.9. The molecule has 0 aliphatic rings. The van der Waals surface area contributed by atoms with Gasteiger partial charge in [-0.2, -0.15) is 0 Å². The number of hydrogen-bond donors (Lipinski definition) is 1. The van der Waals surface area contributed by atoms with Crippen LogP contribution in [0.25, 0.3) is 0 Å². The first-order valence-corrected chi connectivity index (χ1v) is 4.56. The van der Waals surface area contributed by atoms with Gasteiger partial charge in [0.25, 0.3) is 0 Å². The van der Waals surface area contributed by atoms with Gasteiger partial charge in [-0.25, -0.2) is 0 Å². The van der Waals surface area contributed by atoms with Crippen molar-refractivity contribution in [3.63, 3.8) is 0 Å². The highest BCUT2D eigenvalue weighted by molar-refractivity contribution is 9.10. The van der Waals surface area contributed by atoms with Gasteiger partial charge in [0.15, 0.2) is 0 Å². The molecule has 1 aromatic rings. The third kappa shape index (κ3) is 1.95. The lowest BCUT2D eigenvalue weighted by Gasteiger charge is -2.06. The molecule has 13 heavy (non-hydrogen) atoms. The summed E-state index contributed by atoms with van der Waals surface area (Å²) in [6, 6.07) is 3.14. The smallest absolute Gasteiger partial charge is 0.250 e. The van der Waals surface area contributed by atoms with E-state index < -0.39 is 5.91 Å². The maximum Gasteiger partial charge on any atom is 0.250 e. The van der Waals surface area contributed by atoms with Crippen LogP contribution in [0.3, 0.4) is 0 Å². The molecule has 0 heterocycles. The van der Waals surface area contributed by atoms with E-state index in [-0.39, 0.29) is 10.6 Å². The fourth-order valence-electron chi connectivity index (χ4n) is 0.880. The Morgan fingerprint density at radius 3 is 2.69 bits per heavy atom. The number of nitrogens with two attached hydrogens (primary N) is 1. The molecule has 0 radical (unpaired) electrons. The Balaban J connectivity index is 3.31. The Labute approximate surface area is 88.9 Å². The minimum atomic E-state index is -0.562. The van der Waals surface area contributed by atoms with E-state index in [1.165, 1.54) is 13.2 Å². The Bertz CT molecular complexity index is 354. The molecule has 0 saturated carbocycles. The van der Waals surface area contributed by atoms with Crippen LogP contribution in [0.2, 0.25) is 5.02 Å². The van der Waals surface area contributed by atoms with E-state index in [1.54, 1.807) is 6.07 Å². The average Bonchev–Trinajstić information content (AvgIpc) is 2.09. The molecule has 2 N–H and O–H groups in total. The molecule has 0 aliphatic carbocycles. The van der Waals surface area contributed by atoms with Crippen molar-refractivity contribution in [3.8, 4) is 5.75 Å². The monoisotopic (exact) mass is 263 g/mol. The normalized spacial score (nSPS) is 9.77. The van der Waals surface area contributed by atoms with Crippen molar-refractivity contribution in [2.24, 2.45) is 5.73 Å². The third-order valence-corrected chi connectivity index (χ3v) is 2.94. The summed E-state index contributed by atoms with van der Waals surface area (Å²) in [6.45, 7) is 0. The lowest BCUT2D eigenvalue weighted by molar-refractivity contribution is 0.100. The predicted molar refractivity (Wildman–Crippen MR) is 54.2 cm³/mol. The quantitative estimate of drug-likeness (QED) is 0.890. The summed E-state index contributed by atoms with van der Waals surface area (Å²) < 4.78 is 5.51. The van der Waals surface area contributed by atoms with E-state index in [4.69, 9.17) is 22.1 Å². The van der Waals surface area contributed by atoms with E-state index in [9.17, 15) is 4.79 Å². The number of rotatable bonds is 2. The van der Waals surface area contributed by atoms with Crippen molar-refractivity contribution < 1.29 is 9.53 Å². The van der Waals surface area contributed by atoms with Crippen molar-refractivity contribution in [1.82, 2.24) is 0 Å². The first-order valence-electron chi connectivity index (χ1n) is 3.39. The second kappa shape index (κ2) is 3.98. The first kappa shape index (κ1) is 10.3. The molecule has 3 nitrogen and oxygen atoms in total. The third-order valence-electron chi connectivity index (χ3n) is 1.53. The predicted octanol–water partition coefficient (Wildman–Crippen LogP) is 2.21. The van der Waals surface area contributed by atoms with Gasteiger partial charge in [0, 0.05) is 0 Å². The zero-order chi connectivity index (χ0) is 10.0. The van der Waals surface area contributed by atoms with Crippen molar-refractivity contribution in [1.29, 1.82) is 0 Å². The van der Waals surface area contributed by atoms with Crippen molar-refractivity contribution >= 4 is 33.4 Å². The lowest BCUT2D eigenvalue weighted by atomic mass is 10.2. The summed E-state index contributed by atoms with van der Waals surface area (Å²) in [7, 11) is 1.51. The lowest BCUT2D eigenvalue weighted by Crippen LogP contribution is -2.11. The second-order valence-electron chi connectivity index (χ2n) is 2.31. The van der Waals surface area contributed by atoms with E-state index in [1.807, 2.05) is 0 Å². The zero-order valence-corrected chi connectivity index (χ0v) is 9.15. The Morgan fingerprint density at radius 2 is 2.23 bits per heavy atom. The summed E-state index contributed by atoms with van der Waals surface area (Å²) in [6.07, 6.45) is 0. The summed E-state index contributed by atoms with van der Waals surface area (Å²) in [5.41, 5.74) is 5.36. The van der Waals surface area contributed by atoms with Crippen LogP contribution in [0, 0.1) is 0 Å². The molecule has 1 aromatic carbocycles. The fourth-order valence-corrected chi connectivity index (χ4v) is 1.64. The molecule has 0 unspecified atom stereocenters. The van der Waals surface area contributed by atoms with Crippen LogP contribution >= 0.6 is 27.5 Å². The molecular weight excluding hydrogens is 257 g/mol. The minimum Gasteiger partial charge on any atom is -0.496 e. The van der Waals surface area contributed by atoms with Gasteiger partial charge >= 0.3 is 0 Å². The van der Waals surface area contributed by atoms with Crippen LogP contribution < -0.4 is 10.5 Å². The molecule has 0 fully saturated rings. The second-order valence-corrected chi connectivity index (χ2v) is 3.48. The number of benzene rings is 1. The Morgan fingerprint density at radius 1 is 1.62 bits per heavy atom. The topological polar surface area (TPSA) is 52.3 Å². The standard InChI is InChI=1S/C8H7BrClNO2/c1-13-5-3-2-4(8(11)12)7(10)6(5)9/h2-3H,1H3,(H2,11,12). The first-order chi connectivity index (χ1) is 6.07. The van der Waals surface area contributed by atoms with E-state index in [0.717, 1.165) is 0 Å². The van der Waals surface area contributed by atoms with Gasteiger partial charge in [-0.1, -0.05) is 11.6 Å². The summed E-state index contributed by atoms with van der Waals surface area (Å²) in [5, 5.41) is 0.270. The van der Waals surface area contributed by atoms with E-state index in [0.29, 0.717) is 10.2 Å². The summed E-state index contributed by atoms with van der Waals surface area (Å²) in [5.74, 6) is 0.00310. The van der Waals surface area contributed by atoms with Gasteiger partial charge in [-0.15, -0.1) is 0 Å². The number of carbonyl (C=O) groups is 1. The molecule has 5 heteroatoms. The Hall–Kier alpha value is -0.740. The number of hydrogen-bond acceptors (Lipinski definition) is 2. The van der Waals surface area contributed by atoms with Gasteiger partial charge in [0.1, 0.15) is 5.75 Å². The van der Waals surface area contributed by atoms with Gasteiger partial charge in [0.2, 0.25) is 5.91 Å². The molecule has 0 aliphatic heterocycles. The number of halogens is 2. The summed E-state index contributed by atoms with van der Waals surface area (Å²) in [4.78, 5) is 10.8. The highest BCUT2D eigenvalue weighted by Crippen LogP contribution is 2.34. The maximum absolute atomic E-state index is 10.8. The van der Waals surface area contributed by atoms with Gasteiger partial charge in [0.05, 0.1) is 22.2 Å². The largest absolute Gasteiger partial charge is 0.496 e. The van der Waals surface area contributed by atoms with Crippen molar-refractivity contribution in [2.75, 3.05) is 7.11 Å². The highest BCUT2D eigenvalue weighted by Gasteiger charge is 2.12. The molecule has 1 amide bonds. The van der Waals surface area contributed by atoms with Crippen LogP contribution in [0.5, 0.6) is 5.75 Å². The minimum absolute atomic E-state index is 0.270. The van der Waals surface area contributed by atoms with E-state index in [2.05, 4.69) is 15.9 Å². The molecule has 0 bridgehead atoms. The molecule has 0 spiro atoms. The van der Waals surface area contributed by atoms with E-state index >= 15 is 0 Å². The molecule has 0 aromatic heterocycles. The SMILES string of the molecule is COc1ccc(C(N)=O)c(Cl)c1Br. The van der Waals surface area contributed by atoms with Gasteiger partial charge < -0.3 is 10.5 Å². The summed E-state index contributed by atoms with van der Waals surface area (Å²) >= 11 is 9.04. The van der Waals surface area contributed by atoms with Crippen LogP contribution in [0.1, 0.15) is 10.4 Å². The number of ether oxygens (including phenoxy) is 1. The van der Waals surface area contributed by atoms with Crippen LogP contribution in [-0.4, -0.2) is 13.0 Å². The van der Waals surface area contributed by atoms with Crippen molar-refractivity contribution in [2.45, 2.75) is 0 Å². The van der Waals surface area contributed by atoms with Gasteiger partial charge in [-0.05, 0) is 28.1 Å². The van der Waals surface area contributed by atoms with Crippen LogP contribution in [0.4, 0.5) is 0 Å². The van der Waals surface area contributed by atoms with Crippen molar-refractivity contribution in [3.05, 3.63) is 27.2 Å². The number of amides is 1. The zero-order valence-electron chi connectivity index (χ0n) is 6.80. The number of methoxy groups -OCH3 is 1. The number of carbonyl (C=O) groups excluding carboxylic acids is 1. The van der Waals surface area contributed by atoms with Crippen LogP contribution in [-0.2, 0) is 0 Å². The maximum atomic E-state index is 10.8. The van der Waals surface area contributed by atoms with Gasteiger partial charge in [-0.3, -0.25) is 4.79 Å². The Kier molecular flexibility index (Phi) is 3.17. The molecule has 0 saturated heterocycles. The number of primary amides is 1. The average molecular weight is 265 g/mol.